The zero-order chi connectivity index (χ0) is 17.6. The van der Waals surface area contributed by atoms with Gasteiger partial charge in [0.2, 0.25) is 5.91 Å². The molecule has 2 saturated heterocycles. The lowest BCUT2D eigenvalue weighted by molar-refractivity contribution is -0.132. The molecule has 1 aromatic rings. The molecule has 0 radical (unpaired) electrons. The fraction of sp³-hybridized carbons (Fsp3) is 0.650. The third kappa shape index (κ3) is 5.11. The van der Waals surface area contributed by atoms with Gasteiger partial charge in [-0.15, -0.1) is 0 Å². The van der Waals surface area contributed by atoms with Crippen LogP contribution in [-0.4, -0.2) is 68.6 Å². The Morgan fingerprint density at radius 1 is 1.04 bits per heavy atom. The summed E-state index contributed by atoms with van der Waals surface area (Å²) in [5.41, 5.74) is 2.41. The zero-order valence-electron chi connectivity index (χ0n) is 15.7. The Morgan fingerprint density at radius 2 is 1.68 bits per heavy atom. The Kier molecular flexibility index (Phi) is 6.19. The number of hydrogen-bond acceptors (Lipinski definition) is 4. The molecule has 0 aromatic heterocycles. The van der Waals surface area contributed by atoms with Gasteiger partial charge in [0.05, 0.1) is 0 Å². The van der Waals surface area contributed by atoms with Gasteiger partial charge < -0.3 is 20.0 Å². The first-order valence-electron chi connectivity index (χ1n) is 9.67. The van der Waals surface area contributed by atoms with Gasteiger partial charge in [0.25, 0.3) is 0 Å². The first-order valence-corrected chi connectivity index (χ1v) is 9.67. The van der Waals surface area contributed by atoms with Gasteiger partial charge >= 0.3 is 0 Å². The van der Waals surface area contributed by atoms with Crippen molar-refractivity contribution < 1.29 is 4.79 Å². The number of nitrogens with zero attached hydrogens (tertiary/aromatic N) is 3. The molecular weight excluding hydrogens is 312 g/mol. The Balaban J connectivity index is 1.40. The Labute approximate surface area is 152 Å². The second kappa shape index (κ2) is 8.56. The number of anilines is 2. The van der Waals surface area contributed by atoms with Crippen LogP contribution in [0.4, 0.5) is 11.4 Å². The summed E-state index contributed by atoms with van der Waals surface area (Å²) in [5.74, 6) is 1.12. The molecular formula is C20H32N4O. The van der Waals surface area contributed by atoms with Crippen molar-refractivity contribution in [3.8, 4) is 0 Å². The van der Waals surface area contributed by atoms with E-state index in [0.717, 1.165) is 50.9 Å². The van der Waals surface area contributed by atoms with E-state index < -0.39 is 0 Å². The van der Waals surface area contributed by atoms with Crippen LogP contribution in [0.3, 0.4) is 0 Å². The molecule has 0 atom stereocenters. The lowest BCUT2D eigenvalue weighted by Gasteiger charge is -2.32. The lowest BCUT2D eigenvalue weighted by atomic mass is 9.99. The summed E-state index contributed by atoms with van der Waals surface area (Å²) in [7, 11) is 2.11. The fourth-order valence-corrected chi connectivity index (χ4v) is 3.58. The fourth-order valence-electron chi connectivity index (χ4n) is 3.58. The zero-order valence-corrected chi connectivity index (χ0v) is 15.7. The van der Waals surface area contributed by atoms with Gasteiger partial charge in [-0.1, -0.05) is 6.92 Å². The highest BCUT2D eigenvalue weighted by Crippen LogP contribution is 2.24. The summed E-state index contributed by atoms with van der Waals surface area (Å²) in [4.78, 5) is 19.0. The summed E-state index contributed by atoms with van der Waals surface area (Å²) in [6.07, 6.45) is 3.14. The van der Waals surface area contributed by atoms with E-state index in [2.05, 4.69) is 53.4 Å². The molecule has 2 aliphatic rings. The molecule has 0 spiro atoms. The van der Waals surface area contributed by atoms with Gasteiger partial charge in [-0.2, -0.15) is 0 Å². The summed E-state index contributed by atoms with van der Waals surface area (Å²) in [6.45, 7) is 9.04. The third-order valence-electron chi connectivity index (χ3n) is 5.54. The molecule has 25 heavy (non-hydrogen) atoms. The SMILES string of the molecule is CC1CCN(c2ccc(NCCC(=O)N3CCN(C)CC3)cc2)CC1. The van der Waals surface area contributed by atoms with Crippen molar-refractivity contribution in [2.45, 2.75) is 26.2 Å². The van der Waals surface area contributed by atoms with Gasteiger partial charge in [0.1, 0.15) is 0 Å². The second-order valence-corrected chi connectivity index (χ2v) is 7.58. The highest BCUT2D eigenvalue weighted by Gasteiger charge is 2.18. The van der Waals surface area contributed by atoms with Crippen LogP contribution < -0.4 is 10.2 Å². The van der Waals surface area contributed by atoms with Crippen LogP contribution in [0.15, 0.2) is 24.3 Å². The molecule has 5 heteroatoms. The maximum absolute atomic E-state index is 12.2. The van der Waals surface area contributed by atoms with Crippen molar-refractivity contribution in [3.05, 3.63) is 24.3 Å². The van der Waals surface area contributed by atoms with Crippen molar-refractivity contribution >= 4 is 17.3 Å². The van der Waals surface area contributed by atoms with E-state index in [0.29, 0.717) is 13.0 Å². The Bertz CT molecular complexity index is 543. The lowest BCUT2D eigenvalue weighted by Crippen LogP contribution is -2.47. The van der Waals surface area contributed by atoms with Crippen molar-refractivity contribution in [2.75, 3.05) is 63.1 Å². The number of benzene rings is 1. The van der Waals surface area contributed by atoms with E-state index in [9.17, 15) is 4.79 Å². The van der Waals surface area contributed by atoms with E-state index in [1.165, 1.54) is 18.5 Å². The van der Waals surface area contributed by atoms with Crippen molar-refractivity contribution in [2.24, 2.45) is 5.92 Å². The molecule has 1 amide bonds. The van der Waals surface area contributed by atoms with E-state index in [1.54, 1.807) is 0 Å². The van der Waals surface area contributed by atoms with Crippen LogP contribution in [0.5, 0.6) is 0 Å². The molecule has 0 bridgehead atoms. The molecule has 1 aromatic carbocycles. The highest BCUT2D eigenvalue weighted by molar-refractivity contribution is 5.76. The van der Waals surface area contributed by atoms with Crippen LogP contribution in [0.1, 0.15) is 26.2 Å². The van der Waals surface area contributed by atoms with Gasteiger partial charge in [-0.3, -0.25) is 4.79 Å². The van der Waals surface area contributed by atoms with Crippen LogP contribution in [0.2, 0.25) is 0 Å². The van der Waals surface area contributed by atoms with Crippen LogP contribution >= 0.6 is 0 Å². The molecule has 0 unspecified atom stereocenters. The predicted octanol–water partition coefficient (Wildman–Crippen LogP) is 2.50. The number of rotatable bonds is 5. The number of likely N-dealkylation sites (N-methyl/N-ethyl adjacent to an activating group) is 1. The number of hydrogen-bond donors (Lipinski definition) is 1. The Morgan fingerprint density at radius 3 is 2.32 bits per heavy atom. The molecule has 0 aliphatic carbocycles. The topological polar surface area (TPSA) is 38.8 Å². The number of carbonyl (C=O) groups excluding carboxylic acids is 1. The Hall–Kier alpha value is -1.75. The summed E-state index contributed by atoms with van der Waals surface area (Å²) in [6, 6.07) is 8.66. The van der Waals surface area contributed by atoms with Crippen molar-refractivity contribution in [1.29, 1.82) is 0 Å². The van der Waals surface area contributed by atoms with Crippen LogP contribution in [0.25, 0.3) is 0 Å². The normalized spacial score (nSPS) is 19.9. The molecule has 1 N–H and O–H groups in total. The van der Waals surface area contributed by atoms with Gasteiger partial charge in [0, 0.05) is 63.6 Å². The molecule has 0 saturated carbocycles. The van der Waals surface area contributed by atoms with Gasteiger partial charge in [-0.25, -0.2) is 0 Å². The third-order valence-corrected chi connectivity index (χ3v) is 5.54. The number of nitrogens with one attached hydrogen (secondary N) is 1. The minimum Gasteiger partial charge on any atom is -0.385 e. The monoisotopic (exact) mass is 344 g/mol. The van der Waals surface area contributed by atoms with E-state index in [-0.39, 0.29) is 5.91 Å². The van der Waals surface area contributed by atoms with E-state index >= 15 is 0 Å². The molecule has 3 rings (SSSR count). The van der Waals surface area contributed by atoms with Crippen molar-refractivity contribution in [1.82, 2.24) is 9.80 Å². The summed E-state index contributed by atoms with van der Waals surface area (Å²) < 4.78 is 0. The number of piperazine rings is 1. The van der Waals surface area contributed by atoms with Crippen LogP contribution in [-0.2, 0) is 4.79 Å². The minimum absolute atomic E-state index is 0.264. The average Bonchev–Trinajstić information content (AvgIpc) is 2.63. The average molecular weight is 345 g/mol. The summed E-state index contributed by atoms with van der Waals surface area (Å²) >= 11 is 0. The van der Waals surface area contributed by atoms with Crippen molar-refractivity contribution in [3.63, 3.8) is 0 Å². The number of amides is 1. The maximum Gasteiger partial charge on any atom is 0.224 e. The van der Waals surface area contributed by atoms with E-state index in [1.807, 2.05) is 4.90 Å². The standard InChI is InChI=1S/C20H32N4O/c1-17-8-11-23(12-9-17)19-5-3-18(4-6-19)21-10-7-20(25)24-15-13-22(2)14-16-24/h3-6,17,21H,7-16H2,1-2H3. The molecule has 2 fully saturated rings. The van der Waals surface area contributed by atoms with Crippen LogP contribution in [0, 0.1) is 5.92 Å². The first kappa shape index (κ1) is 18.1. The van der Waals surface area contributed by atoms with E-state index in [4.69, 9.17) is 0 Å². The largest absolute Gasteiger partial charge is 0.385 e. The molecule has 2 heterocycles. The number of piperidine rings is 1. The van der Waals surface area contributed by atoms with Gasteiger partial charge in [0.15, 0.2) is 0 Å². The second-order valence-electron chi connectivity index (χ2n) is 7.58. The number of carbonyl (C=O) groups is 1. The predicted molar refractivity (Wildman–Crippen MR) is 104 cm³/mol. The smallest absolute Gasteiger partial charge is 0.224 e. The highest BCUT2D eigenvalue weighted by atomic mass is 16.2. The van der Waals surface area contributed by atoms with Gasteiger partial charge in [-0.05, 0) is 50.1 Å². The minimum atomic E-state index is 0.264. The molecule has 2 aliphatic heterocycles. The molecule has 138 valence electrons. The first-order chi connectivity index (χ1) is 12.1. The molecule has 5 nitrogen and oxygen atoms in total. The maximum atomic E-state index is 12.2. The summed E-state index contributed by atoms with van der Waals surface area (Å²) in [5, 5.41) is 3.38. The quantitative estimate of drug-likeness (QED) is 0.891.